The summed E-state index contributed by atoms with van der Waals surface area (Å²) < 4.78 is 0. The molecule has 1 unspecified atom stereocenters. The highest BCUT2D eigenvalue weighted by molar-refractivity contribution is 8.00. The van der Waals surface area contributed by atoms with Crippen LogP contribution in [0.5, 0.6) is 0 Å². The van der Waals surface area contributed by atoms with Crippen molar-refractivity contribution in [1.82, 2.24) is 10.2 Å². The zero-order valence-corrected chi connectivity index (χ0v) is 19.7. The van der Waals surface area contributed by atoms with Gasteiger partial charge in [-0.2, -0.15) is 0 Å². The predicted octanol–water partition coefficient (Wildman–Crippen LogP) is 4.60. The first-order valence-corrected chi connectivity index (χ1v) is 12.5. The zero-order valence-electron chi connectivity index (χ0n) is 18.8. The van der Waals surface area contributed by atoms with E-state index in [1.807, 2.05) is 61.5 Å². The van der Waals surface area contributed by atoms with Crippen LogP contribution in [-0.4, -0.2) is 39.1 Å². The Balaban J connectivity index is 1.63. The molecule has 0 saturated carbocycles. The number of fused-ring (bicyclic) bond motifs is 1. The highest BCUT2D eigenvalue weighted by Gasteiger charge is 2.56. The zero-order chi connectivity index (χ0) is 23.7. The molecule has 1 amide bonds. The fourth-order valence-corrected chi connectivity index (χ4v) is 6.45. The second-order valence-electron chi connectivity index (χ2n) is 8.49. The number of nitrogens with zero attached hydrogens (tertiary/aromatic N) is 1. The molecule has 6 heteroatoms. The van der Waals surface area contributed by atoms with Crippen LogP contribution in [0.2, 0.25) is 0 Å². The standard InChI is InChI=1S/C28H26N2O3S/c1-2-19-18-34-26-23(25(31)30(26)24(19)27(32)33)29-28(20-12-6-3-7-13-20,21-14-8-4-9-15-21)22-16-10-5-11-17-22/h3-17,23,26,29H,2,18H2,1H3,(H,32,33)/t23?,26-/m0/s1. The Hall–Kier alpha value is -3.35. The number of benzene rings is 3. The molecule has 2 atom stereocenters. The number of carbonyl (C=O) groups excluding carboxylic acids is 1. The van der Waals surface area contributed by atoms with Crippen molar-refractivity contribution >= 4 is 23.6 Å². The van der Waals surface area contributed by atoms with Gasteiger partial charge in [0.2, 0.25) is 5.91 Å². The first kappa shape index (κ1) is 22.4. The van der Waals surface area contributed by atoms with Crippen molar-refractivity contribution in [2.45, 2.75) is 30.3 Å². The van der Waals surface area contributed by atoms with Gasteiger partial charge in [0, 0.05) is 5.75 Å². The van der Waals surface area contributed by atoms with E-state index in [2.05, 4.69) is 41.7 Å². The normalized spacial score (nSPS) is 20.0. The van der Waals surface area contributed by atoms with Crippen LogP contribution >= 0.6 is 11.8 Å². The van der Waals surface area contributed by atoms with Gasteiger partial charge in [-0.1, -0.05) is 97.9 Å². The van der Waals surface area contributed by atoms with Crippen molar-refractivity contribution in [3.8, 4) is 0 Å². The monoisotopic (exact) mass is 470 g/mol. The SMILES string of the molecule is CCC1=C(C(=O)O)N2C(=O)C(NC(c3ccccc3)(c3ccccc3)c3ccccc3)[C@@H]2SC1. The van der Waals surface area contributed by atoms with Crippen LogP contribution < -0.4 is 5.32 Å². The summed E-state index contributed by atoms with van der Waals surface area (Å²) in [6.07, 6.45) is 0.616. The summed E-state index contributed by atoms with van der Waals surface area (Å²) in [5.41, 5.74) is 3.22. The van der Waals surface area contributed by atoms with Gasteiger partial charge >= 0.3 is 5.97 Å². The van der Waals surface area contributed by atoms with Crippen molar-refractivity contribution in [3.05, 3.63) is 119 Å². The Labute approximate surface area is 203 Å². The van der Waals surface area contributed by atoms with Crippen LogP contribution in [0.3, 0.4) is 0 Å². The minimum absolute atomic E-state index is 0.152. The quantitative estimate of drug-likeness (QED) is 0.390. The molecule has 2 heterocycles. The molecule has 34 heavy (non-hydrogen) atoms. The molecule has 2 aliphatic heterocycles. The molecule has 3 aromatic rings. The number of carbonyl (C=O) groups is 2. The Bertz CT molecular complexity index is 1130. The Morgan fingerprint density at radius 3 is 1.82 bits per heavy atom. The molecule has 1 fully saturated rings. The van der Waals surface area contributed by atoms with Crippen molar-refractivity contribution in [2.24, 2.45) is 0 Å². The van der Waals surface area contributed by atoms with Crippen molar-refractivity contribution in [2.75, 3.05) is 5.75 Å². The molecule has 5 nitrogen and oxygen atoms in total. The molecule has 3 aromatic carbocycles. The summed E-state index contributed by atoms with van der Waals surface area (Å²) in [6.45, 7) is 1.93. The largest absolute Gasteiger partial charge is 0.477 e. The molecule has 0 aliphatic carbocycles. The minimum atomic E-state index is -1.03. The van der Waals surface area contributed by atoms with E-state index in [0.29, 0.717) is 12.2 Å². The summed E-state index contributed by atoms with van der Waals surface area (Å²) in [7, 11) is 0. The number of nitrogens with one attached hydrogen (secondary N) is 1. The van der Waals surface area contributed by atoms with Gasteiger partial charge in [0.05, 0.1) is 5.54 Å². The summed E-state index contributed by atoms with van der Waals surface area (Å²) in [6, 6.07) is 29.8. The Morgan fingerprint density at radius 1 is 0.941 bits per heavy atom. The molecular formula is C28H26N2O3S. The van der Waals surface area contributed by atoms with Crippen molar-refractivity contribution in [1.29, 1.82) is 0 Å². The third kappa shape index (κ3) is 3.54. The van der Waals surface area contributed by atoms with E-state index in [9.17, 15) is 14.7 Å². The van der Waals surface area contributed by atoms with Gasteiger partial charge in [-0.15, -0.1) is 11.8 Å². The average molecular weight is 471 g/mol. The molecule has 0 aromatic heterocycles. The number of β-lactam (4-membered cyclic amide) rings is 1. The maximum atomic E-state index is 13.5. The number of carboxylic acid groups (broad SMARTS) is 1. The average Bonchev–Trinajstić information content (AvgIpc) is 2.90. The van der Waals surface area contributed by atoms with Crippen molar-refractivity contribution in [3.63, 3.8) is 0 Å². The molecule has 2 aliphatic rings. The van der Waals surface area contributed by atoms with Crippen LogP contribution in [0.1, 0.15) is 30.0 Å². The van der Waals surface area contributed by atoms with Crippen LogP contribution in [0.15, 0.2) is 102 Å². The lowest BCUT2D eigenvalue weighted by Crippen LogP contribution is -2.72. The summed E-state index contributed by atoms with van der Waals surface area (Å²) in [4.78, 5) is 27.0. The summed E-state index contributed by atoms with van der Waals surface area (Å²) >= 11 is 1.63. The smallest absolute Gasteiger partial charge is 0.352 e. The summed E-state index contributed by atoms with van der Waals surface area (Å²) in [5.74, 6) is -0.623. The van der Waals surface area contributed by atoms with E-state index in [4.69, 9.17) is 0 Å². The first-order valence-electron chi connectivity index (χ1n) is 11.4. The van der Waals surface area contributed by atoms with Gasteiger partial charge in [0.15, 0.2) is 0 Å². The molecular weight excluding hydrogens is 444 g/mol. The molecule has 1 saturated heterocycles. The van der Waals surface area contributed by atoms with Crippen molar-refractivity contribution < 1.29 is 14.7 Å². The van der Waals surface area contributed by atoms with E-state index in [0.717, 1.165) is 22.3 Å². The fourth-order valence-electron chi connectivity index (χ4n) is 5.00. The number of hydrogen-bond donors (Lipinski definition) is 2. The second kappa shape index (κ2) is 9.12. The van der Waals surface area contributed by atoms with Gasteiger partial charge in [-0.3, -0.25) is 15.0 Å². The summed E-state index contributed by atoms with van der Waals surface area (Å²) in [5, 5.41) is 13.3. The minimum Gasteiger partial charge on any atom is -0.477 e. The topological polar surface area (TPSA) is 69.6 Å². The lowest BCUT2D eigenvalue weighted by Gasteiger charge is -2.53. The van der Waals surface area contributed by atoms with Gasteiger partial charge in [0.1, 0.15) is 17.1 Å². The number of amides is 1. The fraction of sp³-hybridized carbons (Fsp3) is 0.214. The van der Waals surface area contributed by atoms with E-state index in [1.165, 1.54) is 4.90 Å². The molecule has 0 bridgehead atoms. The lowest BCUT2D eigenvalue weighted by atomic mass is 9.76. The van der Waals surface area contributed by atoms with Crippen LogP contribution in [-0.2, 0) is 15.1 Å². The van der Waals surface area contributed by atoms with Crippen LogP contribution in [0.25, 0.3) is 0 Å². The molecule has 0 spiro atoms. The number of rotatable bonds is 7. The first-order chi connectivity index (χ1) is 16.6. The molecule has 0 radical (unpaired) electrons. The Kier molecular flexibility index (Phi) is 6.02. The molecule has 5 rings (SSSR count). The highest BCUT2D eigenvalue weighted by Crippen LogP contribution is 2.45. The maximum absolute atomic E-state index is 13.5. The lowest BCUT2D eigenvalue weighted by molar-refractivity contribution is -0.149. The molecule has 172 valence electrons. The maximum Gasteiger partial charge on any atom is 0.352 e. The third-order valence-electron chi connectivity index (χ3n) is 6.67. The number of thioether (sulfide) groups is 1. The van der Waals surface area contributed by atoms with E-state index < -0.39 is 17.6 Å². The van der Waals surface area contributed by atoms with E-state index >= 15 is 0 Å². The third-order valence-corrected chi connectivity index (χ3v) is 8.01. The van der Waals surface area contributed by atoms with Crippen LogP contribution in [0, 0.1) is 0 Å². The van der Waals surface area contributed by atoms with E-state index in [1.54, 1.807) is 11.8 Å². The van der Waals surface area contributed by atoms with Gasteiger partial charge in [0.25, 0.3) is 0 Å². The number of aliphatic carboxylic acids is 1. The number of hydrogen-bond acceptors (Lipinski definition) is 4. The second-order valence-corrected chi connectivity index (χ2v) is 9.60. The highest BCUT2D eigenvalue weighted by atomic mass is 32.2. The van der Waals surface area contributed by atoms with Gasteiger partial charge in [-0.05, 0) is 28.7 Å². The number of carboxylic acids is 1. The van der Waals surface area contributed by atoms with Crippen LogP contribution in [0.4, 0.5) is 0 Å². The van der Waals surface area contributed by atoms with E-state index in [-0.39, 0.29) is 17.0 Å². The predicted molar refractivity (Wildman–Crippen MR) is 134 cm³/mol. The molecule has 2 N–H and O–H groups in total. The van der Waals surface area contributed by atoms with Gasteiger partial charge in [-0.25, -0.2) is 4.79 Å². The van der Waals surface area contributed by atoms with Gasteiger partial charge < -0.3 is 5.11 Å². The Morgan fingerprint density at radius 2 is 1.41 bits per heavy atom.